The van der Waals surface area contributed by atoms with Crippen LogP contribution in [0.15, 0.2) is 30.9 Å². The lowest BCUT2D eigenvalue weighted by Crippen LogP contribution is -2.48. The Hall–Kier alpha value is -3.57. The number of carbonyl (C=O) groups excluding carboxylic acids is 1. The van der Waals surface area contributed by atoms with E-state index in [-0.39, 0.29) is 43.4 Å². The van der Waals surface area contributed by atoms with E-state index >= 15 is 4.39 Å². The molecule has 0 saturated carbocycles. The fourth-order valence-corrected chi connectivity index (χ4v) is 5.26. The molecule has 1 amide bonds. The van der Waals surface area contributed by atoms with Crippen molar-refractivity contribution >= 4 is 60.9 Å². The molecule has 1 saturated heterocycles. The number of hydrogen-bond acceptors (Lipinski definition) is 8. The fraction of sp³-hybridized carbons (Fsp3) is 0.217. The third kappa shape index (κ3) is 3.90. The quantitative estimate of drug-likeness (QED) is 0.405. The van der Waals surface area contributed by atoms with Gasteiger partial charge in [-0.25, -0.2) is 13.8 Å². The first-order valence-electron chi connectivity index (χ1n) is 10.6. The molecule has 0 aliphatic carbocycles. The molecule has 12 heteroatoms. The van der Waals surface area contributed by atoms with E-state index in [1.807, 2.05) is 4.90 Å². The number of ether oxygens (including phenoxy) is 1. The van der Waals surface area contributed by atoms with Gasteiger partial charge < -0.3 is 20.3 Å². The van der Waals surface area contributed by atoms with Gasteiger partial charge in [0.1, 0.15) is 17.2 Å². The first kappa shape index (κ1) is 23.2. The number of aromatic nitrogens is 3. The lowest BCUT2D eigenvalue weighted by Gasteiger charge is -2.35. The van der Waals surface area contributed by atoms with E-state index in [2.05, 4.69) is 21.5 Å². The topological polar surface area (TPSA) is 97.5 Å². The highest BCUT2D eigenvalue weighted by Crippen LogP contribution is 2.42. The molecule has 0 radical (unpaired) electrons. The van der Waals surface area contributed by atoms with Crippen molar-refractivity contribution in [2.24, 2.45) is 0 Å². The van der Waals surface area contributed by atoms with Crippen LogP contribution in [0.25, 0.3) is 32.2 Å². The Morgan fingerprint density at radius 3 is 2.63 bits per heavy atom. The summed E-state index contributed by atoms with van der Waals surface area (Å²) in [5.41, 5.74) is 6.34. The van der Waals surface area contributed by atoms with Crippen LogP contribution < -0.4 is 15.4 Å². The molecular formula is C23H19ClF2N6O2S. The van der Waals surface area contributed by atoms with Crippen LogP contribution in [-0.4, -0.2) is 59.0 Å². The third-order valence-corrected chi connectivity index (χ3v) is 7.06. The zero-order chi connectivity index (χ0) is 24.9. The average Bonchev–Trinajstić information content (AvgIpc) is 3.27. The summed E-state index contributed by atoms with van der Waals surface area (Å²) in [6, 6.07) is 4.20. The van der Waals surface area contributed by atoms with Crippen LogP contribution in [0.4, 0.5) is 19.7 Å². The lowest BCUT2D eigenvalue weighted by molar-refractivity contribution is -0.126. The molecule has 1 aliphatic rings. The standard InChI is InChI=1S/C23H19ClF2N6O2S/c1-3-15(33)31-6-8-32(9-7-31)21-12-10-13(24)16(17(26)18(12)29-23(30-21)34-2)11-4-5-14(25)20-19(11)28-22(27)35-20/h3-5,10H,1,6-9H2,2H3,(H2,27,28). The molecule has 8 nitrogen and oxygen atoms in total. The zero-order valence-corrected chi connectivity index (χ0v) is 20.1. The smallest absolute Gasteiger partial charge is 0.318 e. The van der Waals surface area contributed by atoms with Crippen LogP contribution in [-0.2, 0) is 4.79 Å². The minimum atomic E-state index is -0.714. The molecule has 0 spiro atoms. The summed E-state index contributed by atoms with van der Waals surface area (Å²) in [4.78, 5) is 28.4. The van der Waals surface area contributed by atoms with Gasteiger partial charge >= 0.3 is 6.01 Å². The van der Waals surface area contributed by atoms with Gasteiger partial charge in [-0.1, -0.05) is 29.5 Å². The van der Waals surface area contributed by atoms with E-state index in [9.17, 15) is 9.18 Å². The minimum absolute atomic E-state index is 0.00322. The van der Waals surface area contributed by atoms with Crippen LogP contribution in [0.3, 0.4) is 0 Å². The molecule has 1 fully saturated rings. The van der Waals surface area contributed by atoms with Crippen LogP contribution in [0.1, 0.15) is 0 Å². The van der Waals surface area contributed by atoms with Crippen LogP contribution in [0.2, 0.25) is 5.02 Å². The number of nitrogens with zero attached hydrogens (tertiary/aromatic N) is 5. The number of methoxy groups -OCH3 is 1. The highest BCUT2D eigenvalue weighted by molar-refractivity contribution is 7.22. The Morgan fingerprint density at radius 1 is 1.20 bits per heavy atom. The zero-order valence-electron chi connectivity index (χ0n) is 18.5. The number of thiazole rings is 1. The summed E-state index contributed by atoms with van der Waals surface area (Å²) in [6.45, 7) is 5.35. The Kier molecular flexibility index (Phi) is 5.89. The molecule has 0 unspecified atom stereocenters. The van der Waals surface area contributed by atoms with Gasteiger partial charge in [-0.15, -0.1) is 0 Å². The Bertz CT molecular complexity index is 1500. The van der Waals surface area contributed by atoms with E-state index < -0.39 is 11.6 Å². The highest BCUT2D eigenvalue weighted by Gasteiger charge is 2.27. The SMILES string of the molecule is C=CC(=O)N1CCN(c2nc(OC)nc3c(F)c(-c4ccc(F)c5sc(N)nc45)c(Cl)cc23)CC1. The van der Waals surface area contributed by atoms with Crippen LogP contribution in [0, 0.1) is 11.6 Å². The number of piperazine rings is 1. The number of amides is 1. The summed E-state index contributed by atoms with van der Waals surface area (Å²) in [6.07, 6.45) is 1.28. The Balaban J connectivity index is 1.67. The normalized spacial score (nSPS) is 14.1. The molecule has 1 aliphatic heterocycles. The van der Waals surface area contributed by atoms with E-state index in [0.29, 0.717) is 42.9 Å². The molecule has 2 N–H and O–H groups in total. The summed E-state index contributed by atoms with van der Waals surface area (Å²) in [7, 11) is 1.39. The van der Waals surface area contributed by atoms with Gasteiger partial charge in [0.05, 0.1) is 22.3 Å². The average molecular weight is 517 g/mol. The predicted molar refractivity (Wildman–Crippen MR) is 133 cm³/mol. The van der Waals surface area contributed by atoms with E-state index in [4.69, 9.17) is 22.1 Å². The number of carbonyl (C=O) groups is 1. The fourth-order valence-electron chi connectivity index (χ4n) is 4.20. The molecule has 2 aromatic carbocycles. The summed E-state index contributed by atoms with van der Waals surface area (Å²) in [5, 5.41) is 0.630. The molecule has 5 rings (SSSR count). The maximum absolute atomic E-state index is 16.1. The number of halogens is 3. The largest absolute Gasteiger partial charge is 0.467 e. The van der Waals surface area contributed by atoms with E-state index in [0.717, 1.165) is 11.3 Å². The van der Waals surface area contributed by atoms with Crippen molar-refractivity contribution < 1.29 is 18.3 Å². The van der Waals surface area contributed by atoms with Crippen molar-refractivity contribution in [3.05, 3.63) is 47.5 Å². The number of rotatable bonds is 4. The molecule has 0 bridgehead atoms. The maximum Gasteiger partial charge on any atom is 0.318 e. The number of hydrogen-bond donors (Lipinski definition) is 1. The monoisotopic (exact) mass is 516 g/mol. The molecular weight excluding hydrogens is 498 g/mol. The predicted octanol–water partition coefficient (Wildman–Crippen LogP) is 4.26. The number of anilines is 2. The van der Waals surface area contributed by atoms with Crippen molar-refractivity contribution in [1.29, 1.82) is 0 Å². The van der Waals surface area contributed by atoms with E-state index in [1.54, 1.807) is 11.0 Å². The van der Waals surface area contributed by atoms with Crippen molar-refractivity contribution in [2.45, 2.75) is 0 Å². The minimum Gasteiger partial charge on any atom is -0.467 e. The molecule has 4 aromatic rings. The summed E-state index contributed by atoms with van der Waals surface area (Å²) >= 11 is 7.57. The van der Waals surface area contributed by atoms with Crippen molar-refractivity contribution in [2.75, 3.05) is 43.9 Å². The summed E-state index contributed by atoms with van der Waals surface area (Å²) < 4.78 is 35.8. The van der Waals surface area contributed by atoms with Crippen LogP contribution >= 0.6 is 22.9 Å². The first-order chi connectivity index (χ1) is 16.8. The molecule has 180 valence electrons. The second-order valence-corrected chi connectivity index (χ2v) is 9.26. The van der Waals surface area contributed by atoms with Gasteiger partial charge in [-0.3, -0.25) is 4.79 Å². The lowest BCUT2D eigenvalue weighted by atomic mass is 10.0. The van der Waals surface area contributed by atoms with Gasteiger partial charge in [0.15, 0.2) is 10.9 Å². The number of benzene rings is 2. The maximum atomic E-state index is 16.1. The molecule has 0 atom stereocenters. The van der Waals surface area contributed by atoms with Crippen LogP contribution in [0.5, 0.6) is 6.01 Å². The second-order valence-electron chi connectivity index (χ2n) is 7.82. The first-order valence-corrected chi connectivity index (χ1v) is 11.8. The van der Waals surface area contributed by atoms with Gasteiger partial charge in [-0.05, 0) is 24.3 Å². The summed E-state index contributed by atoms with van der Waals surface area (Å²) in [5.74, 6) is -0.932. The van der Waals surface area contributed by atoms with Crippen molar-refractivity contribution in [3.63, 3.8) is 0 Å². The van der Waals surface area contributed by atoms with E-state index in [1.165, 1.54) is 25.3 Å². The van der Waals surface area contributed by atoms with Crippen molar-refractivity contribution in [1.82, 2.24) is 19.9 Å². The third-order valence-electron chi connectivity index (χ3n) is 5.87. The number of nitrogens with two attached hydrogens (primary N) is 1. The van der Waals surface area contributed by atoms with Gasteiger partial charge in [0, 0.05) is 42.7 Å². The molecule has 35 heavy (non-hydrogen) atoms. The number of fused-ring (bicyclic) bond motifs is 2. The Labute approximate surface area is 207 Å². The second kappa shape index (κ2) is 8.90. The highest BCUT2D eigenvalue weighted by atomic mass is 35.5. The molecule has 2 aromatic heterocycles. The number of nitrogen functional groups attached to an aromatic ring is 1. The van der Waals surface area contributed by atoms with Crippen molar-refractivity contribution in [3.8, 4) is 17.1 Å². The Morgan fingerprint density at radius 2 is 1.94 bits per heavy atom. The van der Waals surface area contributed by atoms with Gasteiger partial charge in [0.2, 0.25) is 5.91 Å². The van der Waals surface area contributed by atoms with Gasteiger partial charge in [0.25, 0.3) is 0 Å². The molecule has 3 heterocycles. The van der Waals surface area contributed by atoms with Gasteiger partial charge in [-0.2, -0.15) is 9.97 Å².